The highest BCUT2D eigenvalue weighted by Gasteiger charge is 2.39. The number of nitrogens with one attached hydrogen (secondary N) is 2. The Kier molecular flexibility index (Phi) is 7.51. The van der Waals surface area contributed by atoms with Crippen LogP contribution in [0.25, 0.3) is 0 Å². The minimum atomic E-state index is -0.620. The Bertz CT molecular complexity index is 1420. The molecule has 38 heavy (non-hydrogen) atoms. The number of hydrogen-bond acceptors (Lipinski definition) is 4. The van der Waals surface area contributed by atoms with Crippen LogP contribution in [-0.2, 0) is 16.1 Å². The van der Waals surface area contributed by atoms with Gasteiger partial charge in [-0.3, -0.25) is 14.4 Å². The molecule has 0 radical (unpaired) electrons. The molecule has 5 rings (SSSR count). The van der Waals surface area contributed by atoms with Gasteiger partial charge in [0, 0.05) is 21.8 Å². The topological polar surface area (TPSA) is 74.2 Å². The monoisotopic (exact) mass is 549 g/mol. The number of carbonyl (C=O) groups is 3. The summed E-state index contributed by atoms with van der Waals surface area (Å²) in [6, 6.07) is 22.2. The third-order valence-corrected chi connectivity index (χ3v) is 7.48. The van der Waals surface area contributed by atoms with Crippen LogP contribution in [-0.4, -0.2) is 48.8 Å². The van der Waals surface area contributed by atoms with Gasteiger partial charge in [0.2, 0.25) is 0 Å². The summed E-state index contributed by atoms with van der Waals surface area (Å²) in [5.74, 6) is -1.21. The molecule has 0 unspecified atom stereocenters. The van der Waals surface area contributed by atoms with Crippen LogP contribution in [0.3, 0.4) is 0 Å². The number of imide groups is 1. The first-order valence-electron chi connectivity index (χ1n) is 12.4. The summed E-state index contributed by atoms with van der Waals surface area (Å²) in [5.41, 5.74) is 3.48. The van der Waals surface area contributed by atoms with E-state index in [-0.39, 0.29) is 16.6 Å². The minimum absolute atomic E-state index is 0.0207. The first kappa shape index (κ1) is 26.0. The molecule has 2 N–H and O–H groups in total. The van der Waals surface area contributed by atoms with Gasteiger partial charge in [0.25, 0.3) is 17.7 Å². The van der Waals surface area contributed by atoms with E-state index < -0.39 is 11.8 Å². The van der Waals surface area contributed by atoms with Crippen LogP contribution in [0.4, 0.5) is 11.4 Å². The molecule has 2 aliphatic heterocycles. The summed E-state index contributed by atoms with van der Waals surface area (Å²) in [7, 11) is 0. The molecular formula is C29H27Cl2N4O3+. The van der Waals surface area contributed by atoms with E-state index in [1.54, 1.807) is 49.4 Å². The Labute approximate surface area is 231 Å². The lowest BCUT2D eigenvalue weighted by Crippen LogP contribution is -3.13. The smallest absolute Gasteiger partial charge is 0.283 e. The van der Waals surface area contributed by atoms with Crippen molar-refractivity contribution in [2.75, 3.05) is 36.4 Å². The average Bonchev–Trinajstić information content (AvgIpc) is 3.14. The Morgan fingerprint density at radius 2 is 1.61 bits per heavy atom. The van der Waals surface area contributed by atoms with E-state index in [9.17, 15) is 14.4 Å². The van der Waals surface area contributed by atoms with E-state index in [1.165, 1.54) is 10.5 Å². The Balaban J connectivity index is 1.21. The first-order chi connectivity index (χ1) is 18.3. The molecule has 0 atom stereocenters. The molecule has 3 aromatic carbocycles. The van der Waals surface area contributed by atoms with Gasteiger partial charge in [-0.2, -0.15) is 0 Å². The molecule has 194 valence electrons. The Morgan fingerprint density at radius 3 is 2.29 bits per heavy atom. The second-order valence-corrected chi connectivity index (χ2v) is 10.3. The van der Waals surface area contributed by atoms with Crippen LogP contribution in [0, 0.1) is 6.92 Å². The number of piperazine rings is 1. The molecular weight excluding hydrogens is 523 g/mol. The molecule has 0 aromatic heterocycles. The highest BCUT2D eigenvalue weighted by Crippen LogP contribution is 2.33. The van der Waals surface area contributed by atoms with Crippen molar-refractivity contribution in [2.45, 2.75) is 13.5 Å². The number of amides is 3. The van der Waals surface area contributed by atoms with Crippen molar-refractivity contribution >= 4 is 52.3 Å². The summed E-state index contributed by atoms with van der Waals surface area (Å²) < 4.78 is 0. The SMILES string of the molecule is Cc1ccc(Cl)cc1N1C(=O)C(Cl)=C(Nc2ccc(C(=O)N3CC[NH+](Cc4ccccc4)CC3)cc2)C1=O. The zero-order valence-corrected chi connectivity index (χ0v) is 22.4. The summed E-state index contributed by atoms with van der Waals surface area (Å²) in [6.07, 6.45) is 0. The molecule has 0 saturated carbocycles. The second-order valence-electron chi connectivity index (χ2n) is 9.47. The van der Waals surface area contributed by atoms with E-state index >= 15 is 0 Å². The summed E-state index contributed by atoms with van der Waals surface area (Å²) in [4.78, 5) is 43.3. The molecule has 3 amide bonds. The quantitative estimate of drug-likeness (QED) is 0.460. The summed E-state index contributed by atoms with van der Waals surface area (Å²) in [5, 5.41) is 3.16. The fraction of sp³-hybridized carbons (Fsp3) is 0.207. The van der Waals surface area contributed by atoms with Crippen molar-refractivity contribution in [1.29, 1.82) is 0 Å². The van der Waals surface area contributed by atoms with Crippen molar-refractivity contribution in [1.82, 2.24) is 4.90 Å². The molecule has 0 spiro atoms. The number of anilines is 2. The van der Waals surface area contributed by atoms with Crippen LogP contribution in [0.1, 0.15) is 21.5 Å². The van der Waals surface area contributed by atoms with Crippen molar-refractivity contribution in [3.63, 3.8) is 0 Å². The molecule has 9 heteroatoms. The number of nitrogens with zero attached hydrogens (tertiary/aromatic N) is 2. The van der Waals surface area contributed by atoms with Crippen LogP contribution < -0.4 is 15.1 Å². The number of halogens is 2. The van der Waals surface area contributed by atoms with Gasteiger partial charge in [0.15, 0.2) is 0 Å². The van der Waals surface area contributed by atoms with E-state index in [0.29, 0.717) is 40.6 Å². The lowest BCUT2D eigenvalue weighted by Gasteiger charge is -2.32. The van der Waals surface area contributed by atoms with Crippen LogP contribution >= 0.6 is 23.2 Å². The minimum Gasteiger partial charge on any atom is -0.350 e. The molecule has 2 aliphatic rings. The first-order valence-corrected chi connectivity index (χ1v) is 13.2. The average molecular weight is 550 g/mol. The fourth-order valence-corrected chi connectivity index (χ4v) is 5.14. The summed E-state index contributed by atoms with van der Waals surface area (Å²) in [6.45, 7) is 5.91. The standard InChI is InChI=1S/C29H26Cl2N4O3/c1-19-7-10-22(30)17-24(19)35-28(37)25(31)26(29(35)38)32-23-11-8-21(9-12-23)27(36)34-15-13-33(14-16-34)18-20-5-3-2-4-6-20/h2-12,17,32H,13-16,18H2,1H3/p+1. The van der Waals surface area contributed by atoms with Gasteiger partial charge in [0.1, 0.15) is 17.3 Å². The normalized spacial score (nSPS) is 16.4. The van der Waals surface area contributed by atoms with Crippen LogP contribution in [0.5, 0.6) is 0 Å². The van der Waals surface area contributed by atoms with Crippen molar-refractivity contribution in [2.24, 2.45) is 0 Å². The summed E-state index contributed by atoms with van der Waals surface area (Å²) >= 11 is 12.4. The maximum Gasteiger partial charge on any atom is 0.283 e. The largest absolute Gasteiger partial charge is 0.350 e. The number of carbonyl (C=O) groups excluding carboxylic acids is 3. The number of rotatable bonds is 6. The molecule has 0 bridgehead atoms. The van der Waals surface area contributed by atoms with Crippen LogP contribution in [0.2, 0.25) is 5.02 Å². The molecule has 2 heterocycles. The van der Waals surface area contributed by atoms with Gasteiger partial charge in [-0.05, 0) is 48.9 Å². The van der Waals surface area contributed by atoms with Crippen molar-refractivity contribution in [3.05, 3.63) is 105 Å². The zero-order valence-electron chi connectivity index (χ0n) is 20.8. The second kappa shape index (κ2) is 11.0. The number of quaternary nitrogens is 1. The van der Waals surface area contributed by atoms with Gasteiger partial charge >= 0.3 is 0 Å². The van der Waals surface area contributed by atoms with Gasteiger partial charge < -0.3 is 15.1 Å². The fourth-order valence-electron chi connectivity index (χ4n) is 4.76. The highest BCUT2D eigenvalue weighted by atomic mass is 35.5. The van der Waals surface area contributed by atoms with E-state index in [4.69, 9.17) is 23.2 Å². The Hall–Kier alpha value is -3.65. The predicted octanol–water partition coefficient (Wildman–Crippen LogP) is 3.63. The van der Waals surface area contributed by atoms with E-state index in [0.717, 1.165) is 24.5 Å². The van der Waals surface area contributed by atoms with Gasteiger partial charge in [-0.15, -0.1) is 0 Å². The van der Waals surface area contributed by atoms with Gasteiger partial charge in [-0.1, -0.05) is 59.6 Å². The lowest BCUT2D eigenvalue weighted by molar-refractivity contribution is -0.917. The Morgan fingerprint density at radius 1 is 0.921 bits per heavy atom. The lowest BCUT2D eigenvalue weighted by atomic mass is 10.1. The van der Waals surface area contributed by atoms with Gasteiger partial charge in [0.05, 0.1) is 31.9 Å². The maximum absolute atomic E-state index is 13.1. The zero-order chi connectivity index (χ0) is 26.8. The molecule has 7 nitrogen and oxygen atoms in total. The molecule has 3 aromatic rings. The predicted molar refractivity (Wildman–Crippen MR) is 148 cm³/mol. The van der Waals surface area contributed by atoms with Crippen LogP contribution in [0.15, 0.2) is 83.5 Å². The number of aryl methyl sites for hydroxylation is 1. The van der Waals surface area contributed by atoms with Gasteiger partial charge in [-0.25, -0.2) is 4.90 Å². The number of benzene rings is 3. The molecule has 1 saturated heterocycles. The van der Waals surface area contributed by atoms with E-state index in [2.05, 4.69) is 17.4 Å². The third kappa shape index (κ3) is 5.31. The van der Waals surface area contributed by atoms with Crippen molar-refractivity contribution < 1.29 is 19.3 Å². The maximum atomic E-state index is 13.1. The van der Waals surface area contributed by atoms with E-state index in [1.807, 2.05) is 23.1 Å². The third-order valence-electron chi connectivity index (χ3n) is 6.90. The van der Waals surface area contributed by atoms with Crippen molar-refractivity contribution in [3.8, 4) is 0 Å². The molecule has 0 aliphatic carbocycles. The molecule has 1 fully saturated rings. The highest BCUT2D eigenvalue weighted by molar-refractivity contribution is 6.53. The number of hydrogen-bond donors (Lipinski definition) is 2.